The molecule has 1 N–H and O–H groups in total. The first-order chi connectivity index (χ1) is 21.4. The Labute approximate surface area is 262 Å². The van der Waals surface area contributed by atoms with Crippen molar-refractivity contribution in [1.29, 1.82) is 0 Å². The second-order valence-corrected chi connectivity index (χ2v) is 12.5. The van der Waals surface area contributed by atoms with Crippen molar-refractivity contribution in [2.24, 2.45) is 0 Å². The Bertz CT molecular complexity index is 1900. The van der Waals surface area contributed by atoms with Gasteiger partial charge in [0, 0.05) is 11.3 Å². The molecule has 10 heteroatoms. The van der Waals surface area contributed by atoms with Crippen molar-refractivity contribution in [2.75, 3.05) is 11.5 Å². The van der Waals surface area contributed by atoms with Crippen LogP contribution in [-0.4, -0.2) is 33.6 Å². The van der Waals surface area contributed by atoms with Gasteiger partial charge in [0.2, 0.25) is 5.13 Å². The zero-order chi connectivity index (χ0) is 30.8. The average Bonchev–Trinajstić information content (AvgIpc) is 3.61. The summed E-state index contributed by atoms with van der Waals surface area (Å²) in [6.45, 7) is 4.15. The molecule has 0 bridgehead atoms. The number of halogens is 1. The van der Waals surface area contributed by atoms with E-state index < -0.39 is 29.3 Å². The highest BCUT2D eigenvalue weighted by Crippen LogP contribution is 2.44. The van der Waals surface area contributed by atoms with Crippen LogP contribution in [0.15, 0.2) is 94.8 Å². The summed E-state index contributed by atoms with van der Waals surface area (Å²) in [5.74, 6) is -1.46. The molecular weight excluding hydrogens is 598 g/mol. The molecule has 7 nitrogen and oxygen atoms in total. The molecule has 44 heavy (non-hydrogen) atoms. The van der Waals surface area contributed by atoms with Crippen LogP contribution >= 0.6 is 23.1 Å². The van der Waals surface area contributed by atoms with E-state index in [0.717, 1.165) is 28.8 Å². The summed E-state index contributed by atoms with van der Waals surface area (Å²) < 4.78 is 20.8. The number of carbonyl (C=O) groups is 2. The monoisotopic (exact) mass is 625 g/mol. The van der Waals surface area contributed by atoms with Gasteiger partial charge in [-0.3, -0.25) is 14.5 Å². The van der Waals surface area contributed by atoms with E-state index >= 15 is 0 Å². The lowest BCUT2D eigenvalue weighted by Crippen LogP contribution is -2.29. The quantitative estimate of drug-likeness (QED) is 0.0586. The number of aromatic nitrogens is 2. The first kappa shape index (κ1) is 29.5. The average molecular weight is 626 g/mol. The zero-order valence-electron chi connectivity index (χ0n) is 24.0. The smallest absolute Gasteiger partial charge is 0.301 e. The largest absolute Gasteiger partial charge is 0.507 e. The molecule has 0 unspecified atom stereocenters. The Kier molecular flexibility index (Phi) is 8.45. The molecule has 0 radical (unpaired) electrons. The van der Waals surface area contributed by atoms with Gasteiger partial charge in [0.15, 0.2) is 4.34 Å². The van der Waals surface area contributed by atoms with Crippen LogP contribution in [0.5, 0.6) is 5.75 Å². The van der Waals surface area contributed by atoms with E-state index in [1.54, 1.807) is 31.2 Å². The predicted molar refractivity (Wildman–Crippen MR) is 172 cm³/mol. The molecule has 1 saturated heterocycles. The van der Waals surface area contributed by atoms with Gasteiger partial charge >= 0.3 is 5.91 Å². The number of fused-ring (bicyclic) bond motifs is 1. The number of benzene rings is 4. The number of nitrogens with zero attached hydrogens (tertiary/aromatic N) is 3. The van der Waals surface area contributed by atoms with Crippen LogP contribution in [0.3, 0.4) is 0 Å². The highest BCUT2D eigenvalue weighted by molar-refractivity contribution is 8.00. The third-order valence-corrected chi connectivity index (χ3v) is 9.50. The summed E-state index contributed by atoms with van der Waals surface area (Å²) in [7, 11) is 0. The van der Waals surface area contributed by atoms with E-state index in [1.165, 1.54) is 40.1 Å². The number of Topliss-reactive ketones (excluding diaryl/α,β-unsaturated/α-hetero) is 1. The highest BCUT2D eigenvalue weighted by atomic mass is 32.2. The summed E-state index contributed by atoms with van der Waals surface area (Å²) >= 11 is 2.68. The van der Waals surface area contributed by atoms with E-state index in [2.05, 4.69) is 34.5 Å². The normalized spacial score (nSPS) is 16.2. The van der Waals surface area contributed by atoms with Gasteiger partial charge in [0.05, 0.1) is 18.2 Å². The molecule has 2 heterocycles. The number of ketones is 1. The number of aliphatic hydroxyl groups excluding tert-OH is 1. The van der Waals surface area contributed by atoms with Crippen LogP contribution in [0.25, 0.3) is 16.5 Å². The van der Waals surface area contributed by atoms with Crippen molar-refractivity contribution in [3.8, 4) is 5.75 Å². The van der Waals surface area contributed by atoms with E-state index in [0.29, 0.717) is 33.6 Å². The zero-order valence-corrected chi connectivity index (χ0v) is 25.6. The molecule has 1 aliphatic heterocycles. The summed E-state index contributed by atoms with van der Waals surface area (Å²) in [5.41, 5.74) is 2.04. The van der Waals surface area contributed by atoms with E-state index in [4.69, 9.17) is 4.74 Å². The minimum atomic E-state index is -1.01. The molecule has 5 aromatic rings. The molecule has 6 rings (SSSR count). The van der Waals surface area contributed by atoms with Gasteiger partial charge in [-0.15, -0.1) is 10.2 Å². The van der Waals surface area contributed by atoms with Gasteiger partial charge in [-0.25, -0.2) is 4.39 Å². The summed E-state index contributed by atoms with van der Waals surface area (Å²) in [6, 6.07) is 24.5. The fourth-order valence-electron chi connectivity index (χ4n) is 5.12. The van der Waals surface area contributed by atoms with Crippen LogP contribution in [0.4, 0.5) is 9.52 Å². The van der Waals surface area contributed by atoms with Crippen molar-refractivity contribution < 1.29 is 23.8 Å². The van der Waals surface area contributed by atoms with Gasteiger partial charge in [0.25, 0.3) is 5.78 Å². The van der Waals surface area contributed by atoms with E-state index in [1.807, 2.05) is 25.1 Å². The number of thioether (sulfide) groups is 1. The number of ether oxygens (including phenoxy) is 1. The fourth-order valence-corrected chi connectivity index (χ4v) is 6.99. The van der Waals surface area contributed by atoms with Gasteiger partial charge < -0.3 is 9.84 Å². The fraction of sp³-hybridized carbons (Fsp3) is 0.176. The Morgan fingerprint density at radius 3 is 2.57 bits per heavy atom. The van der Waals surface area contributed by atoms with Crippen molar-refractivity contribution in [3.05, 3.63) is 119 Å². The van der Waals surface area contributed by atoms with Crippen LogP contribution < -0.4 is 9.64 Å². The molecule has 0 saturated carbocycles. The molecule has 0 spiro atoms. The summed E-state index contributed by atoms with van der Waals surface area (Å²) in [4.78, 5) is 28.3. The van der Waals surface area contributed by atoms with Crippen molar-refractivity contribution in [2.45, 2.75) is 36.4 Å². The number of anilines is 1. The van der Waals surface area contributed by atoms with Crippen molar-refractivity contribution in [1.82, 2.24) is 10.2 Å². The van der Waals surface area contributed by atoms with E-state index in [-0.39, 0.29) is 16.3 Å². The summed E-state index contributed by atoms with van der Waals surface area (Å²) in [6.07, 6.45) is 0.840. The summed E-state index contributed by atoms with van der Waals surface area (Å²) in [5, 5.41) is 22.5. The van der Waals surface area contributed by atoms with Crippen LogP contribution in [0, 0.1) is 12.7 Å². The molecule has 0 aliphatic carbocycles. The molecule has 222 valence electrons. The number of carbonyl (C=O) groups excluding carboxylic acids is 2. The van der Waals surface area contributed by atoms with Gasteiger partial charge in [0.1, 0.15) is 17.3 Å². The van der Waals surface area contributed by atoms with Gasteiger partial charge in [-0.1, -0.05) is 96.8 Å². The maximum absolute atomic E-state index is 14.5. The Morgan fingerprint density at radius 2 is 1.80 bits per heavy atom. The Balaban J connectivity index is 1.37. The lowest BCUT2D eigenvalue weighted by Gasteiger charge is -2.22. The molecule has 4 aromatic carbocycles. The number of amides is 1. The minimum Gasteiger partial charge on any atom is -0.507 e. The second kappa shape index (κ2) is 12.6. The third-order valence-electron chi connectivity index (χ3n) is 7.39. The maximum atomic E-state index is 14.5. The SMILES string of the molecule is CCCOc1ccc([C@@H]2C(=C(O)c3ccc(C)c(F)c3)C(=O)C(=O)N2c2nnc(SCc3cccc4ccccc34)s2)cc1. The van der Waals surface area contributed by atoms with Crippen LogP contribution in [-0.2, 0) is 15.3 Å². The van der Waals surface area contributed by atoms with Crippen LogP contribution in [0.1, 0.15) is 41.6 Å². The molecule has 1 aliphatic rings. The number of hydrogen-bond donors (Lipinski definition) is 1. The first-order valence-corrected chi connectivity index (χ1v) is 15.9. The van der Waals surface area contributed by atoms with Crippen molar-refractivity contribution in [3.63, 3.8) is 0 Å². The molecule has 1 aromatic heterocycles. The van der Waals surface area contributed by atoms with Gasteiger partial charge in [-0.05, 0) is 59.0 Å². The highest BCUT2D eigenvalue weighted by Gasteiger charge is 2.48. The maximum Gasteiger partial charge on any atom is 0.301 e. The Morgan fingerprint density at radius 1 is 1.02 bits per heavy atom. The lowest BCUT2D eigenvalue weighted by molar-refractivity contribution is -0.132. The Hall–Kier alpha value is -4.54. The number of hydrogen-bond acceptors (Lipinski definition) is 8. The molecule has 1 fully saturated rings. The first-order valence-electron chi connectivity index (χ1n) is 14.1. The van der Waals surface area contributed by atoms with Crippen molar-refractivity contribution >= 4 is 56.5 Å². The molecular formula is C34H28FN3O4S2. The number of aryl methyl sites for hydroxylation is 1. The lowest BCUT2D eigenvalue weighted by atomic mass is 9.95. The van der Waals surface area contributed by atoms with Crippen LogP contribution in [0.2, 0.25) is 0 Å². The number of rotatable bonds is 9. The number of aliphatic hydroxyl groups is 1. The van der Waals surface area contributed by atoms with E-state index in [9.17, 15) is 19.1 Å². The third kappa shape index (κ3) is 5.70. The minimum absolute atomic E-state index is 0.0996. The second-order valence-electron chi connectivity index (χ2n) is 10.3. The molecule has 1 amide bonds. The predicted octanol–water partition coefficient (Wildman–Crippen LogP) is 7.85. The standard InChI is InChI=1S/C34H28FN3O4S2/c1-3-17-42-25-15-13-22(14-16-25)29-28(30(39)23-12-11-20(2)27(35)18-23)31(40)32(41)38(29)33-36-37-34(44-33)43-19-24-9-6-8-21-7-4-5-10-26(21)24/h4-16,18,29,39H,3,17,19H2,1-2H3/t29-/m1/s1. The van der Waals surface area contributed by atoms with Gasteiger partial charge in [-0.2, -0.15) is 0 Å². The topological polar surface area (TPSA) is 92.6 Å². The molecule has 1 atom stereocenters.